The third-order valence-electron chi connectivity index (χ3n) is 5.01. The predicted molar refractivity (Wildman–Crippen MR) is 132 cm³/mol. The van der Waals surface area contributed by atoms with Gasteiger partial charge in [-0.3, -0.25) is 4.79 Å². The van der Waals surface area contributed by atoms with E-state index in [1.54, 1.807) is 42.8 Å². The van der Waals surface area contributed by atoms with Crippen LogP contribution in [0.15, 0.2) is 69.4 Å². The number of hydrogen-bond donors (Lipinski definition) is 1. The van der Waals surface area contributed by atoms with Crippen LogP contribution in [0, 0.1) is 0 Å². The minimum atomic E-state index is -0.540. The molecule has 1 unspecified atom stereocenters. The fourth-order valence-corrected chi connectivity index (χ4v) is 4.58. The number of allylic oxidation sites excluding steroid dienone is 1. The zero-order chi connectivity index (χ0) is 23.5. The van der Waals surface area contributed by atoms with Crippen LogP contribution in [0.25, 0.3) is 0 Å². The van der Waals surface area contributed by atoms with Crippen molar-refractivity contribution in [1.82, 2.24) is 14.8 Å². The number of anilines is 1. The summed E-state index contributed by atoms with van der Waals surface area (Å²) < 4.78 is 7.87. The van der Waals surface area contributed by atoms with Crippen LogP contribution in [0.5, 0.6) is 0 Å². The van der Waals surface area contributed by atoms with Gasteiger partial charge in [-0.25, -0.2) is 9.48 Å². The van der Waals surface area contributed by atoms with Gasteiger partial charge in [0.1, 0.15) is 6.04 Å². The van der Waals surface area contributed by atoms with Gasteiger partial charge >= 0.3 is 5.97 Å². The molecule has 7 nitrogen and oxygen atoms in total. The van der Waals surface area contributed by atoms with E-state index in [1.807, 2.05) is 24.3 Å². The zero-order valence-corrected chi connectivity index (χ0v) is 21.0. The molecular weight excluding hydrogens is 528 g/mol. The normalized spacial score (nSPS) is 15.1. The number of esters is 1. The highest BCUT2D eigenvalue weighted by Crippen LogP contribution is 2.37. The minimum absolute atomic E-state index is 0.0241. The molecule has 4 rings (SSSR count). The number of thioether (sulfide) groups is 1. The van der Waals surface area contributed by atoms with Gasteiger partial charge < -0.3 is 10.1 Å². The fraction of sp³-hybridized carbons (Fsp3) is 0.217. The molecule has 2 aromatic carbocycles. The van der Waals surface area contributed by atoms with Gasteiger partial charge in [-0.2, -0.15) is 4.98 Å². The summed E-state index contributed by atoms with van der Waals surface area (Å²) in [5.41, 5.74) is 2.51. The number of nitrogens with zero attached hydrogens (tertiary/aromatic N) is 3. The lowest BCUT2D eigenvalue weighted by Gasteiger charge is -2.28. The summed E-state index contributed by atoms with van der Waals surface area (Å²) in [4.78, 5) is 29.9. The third-order valence-corrected chi connectivity index (χ3v) is 6.63. The first-order valence-corrected chi connectivity index (χ1v) is 12.3. The number of carbonyl (C=O) groups excluding carboxylic acids is 2. The van der Waals surface area contributed by atoms with E-state index < -0.39 is 12.0 Å². The van der Waals surface area contributed by atoms with Gasteiger partial charge in [0, 0.05) is 20.8 Å². The average molecular weight is 548 g/mol. The predicted octanol–water partition coefficient (Wildman–Crippen LogP) is 5.52. The van der Waals surface area contributed by atoms with Gasteiger partial charge in [0.15, 0.2) is 5.78 Å². The number of benzene rings is 2. The SMILES string of the molecule is CCOC(=O)C1=C(C)Nc2nc(SCC(=O)c3ccc(Br)cc3)nn2C1c1ccc(Cl)cc1. The van der Waals surface area contributed by atoms with Crippen molar-refractivity contribution in [3.63, 3.8) is 0 Å². The number of Topliss-reactive ketones (excluding diaryl/α,β-unsaturated/α-hetero) is 1. The van der Waals surface area contributed by atoms with Crippen LogP contribution in [0.1, 0.15) is 35.8 Å². The van der Waals surface area contributed by atoms with E-state index in [4.69, 9.17) is 16.3 Å². The molecule has 2 heterocycles. The second-order valence-corrected chi connectivity index (χ2v) is 9.51. The number of fused-ring (bicyclic) bond motifs is 1. The molecule has 0 radical (unpaired) electrons. The monoisotopic (exact) mass is 546 g/mol. The lowest BCUT2D eigenvalue weighted by atomic mass is 9.96. The van der Waals surface area contributed by atoms with Crippen LogP contribution in [0.3, 0.4) is 0 Å². The second-order valence-electron chi connectivity index (χ2n) is 7.22. The Morgan fingerprint density at radius 2 is 1.88 bits per heavy atom. The van der Waals surface area contributed by atoms with E-state index in [9.17, 15) is 9.59 Å². The zero-order valence-electron chi connectivity index (χ0n) is 17.8. The molecule has 1 atom stereocenters. The van der Waals surface area contributed by atoms with Gasteiger partial charge in [-0.1, -0.05) is 63.6 Å². The molecule has 1 aliphatic heterocycles. The number of hydrogen-bond acceptors (Lipinski definition) is 7. The molecule has 1 N–H and O–H groups in total. The van der Waals surface area contributed by atoms with E-state index >= 15 is 0 Å². The van der Waals surface area contributed by atoms with Crippen molar-refractivity contribution in [2.45, 2.75) is 25.0 Å². The molecule has 0 saturated heterocycles. The van der Waals surface area contributed by atoms with E-state index in [2.05, 4.69) is 31.3 Å². The van der Waals surface area contributed by atoms with E-state index in [0.29, 0.717) is 33.0 Å². The summed E-state index contributed by atoms with van der Waals surface area (Å²) in [7, 11) is 0. The molecule has 33 heavy (non-hydrogen) atoms. The first kappa shape index (κ1) is 23.5. The van der Waals surface area contributed by atoms with Crippen molar-refractivity contribution in [1.29, 1.82) is 0 Å². The summed E-state index contributed by atoms with van der Waals surface area (Å²) in [6, 6.07) is 13.9. The highest BCUT2D eigenvalue weighted by molar-refractivity contribution is 9.10. The molecule has 3 aromatic rings. The van der Waals surface area contributed by atoms with Crippen molar-refractivity contribution in [2.24, 2.45) is 0 Å². The van der Waals surface area contributed by atoms with Crippen molar-refractivity contribution >= 4 is 57.0 Å². The largest absolute Gasteiger partial charge is 0.463 e. The number of ketones is 1. The first-order valence-electron chi connectivity index (χ1n) is 10.2. The van der Waals surface area contributed by atoms with Crippen LogP contribution in [-0.4, -0.2) is 38.9 Å². The molecule has 0 bridgehead atoms. The Morgan fingerprint density at radius 1 is 1.18 bits per heavy atom. The lowest BCUT2D eigenvalue weighted by molar-refractivity contribution is -0.139. The molecule has 10 heteroatoms. The van der Waals surface area contributed by atoms with Crippen molar-refractivity contribution in [2.75, 3.05) is 17.7 Å². The van der Waals surface area contributed by atoms with Gasteiger partial charge in [-0.15, -0.1) is 5.10 Å². The van der Waals surface area contributed by atoms with Crippen LogP contribution in [0.4, 0.5) is 5.95 Å². The molecule has 0 aliphatic carbocycles. The molecule has 0 amide bonds. The maximum Gasteiger partial charge on any atom is 0.338 e. The molecule has 1 aromatic heterocycles. The number of rotatable bonds is 7. The Balaban J connectivity index is 1.63. The quantitative estimate of drug-likeness (QED) is 0.237. The Bertz CT molecular complexity index is 1230. The maximum atomic E-state index is 12.8. The summed E-state index contributed by atoms with van der Waals surface area (Å²) in [6.45, 7) is 3.82. The number of aromatic nitrogens is 3. The topological polar surface area (TPSA) is 86.1 Å². The van der Waals surface area contributed by atoms with Gasteiger partial charge in [0.2, 0.25) is 11.1 Å². The molecule has 170 valence electrons. The Labute approximate surface area is 208 Å². The smallest absolute Gasteiger partial charge is 0.338 e. The molecule has 1 aliphatic rings. The van der Waals surface area contributed by atoms with Crippen LogP contribution in [0.2, 0.25) is 5.02 Å². The second kappa shape index (κ2) is 10.1. The van der Waals surface area contributed by atoms with Crippen molar-refractivity contribution in [3.05, 3.63) is 80.4 Å². The standard InChI is InChI=1S/C23H20BrClN4O3S/c1-3-32-21(31)19-13(2)26-22-27-23(33-12-18(30)14-4-8-16(24)9-5-14)28-29(22)20(19)15-6-10-17(25)11-7-15/h4-11,20H,3,12H2,1-2H3,(H,26,27,28). The van der Waals surface area contributed by atoms with Crippen LogP contribution < -0.4 is 5.32 Å². The lowest BCUT2D eigenvalue weighted by Crippen LogP contribution is -2.29. The Kier molecular flexibility index (Phi) is 7.21. The number of nitrogens with one attached hydrogen (secondary N) is 1. The van der Waals surface area contributed by atoms with Gasteiger partial charge in [-0.05, 0) is 43.7 Å². The van der Waals surface area contributed by atoms with Gasteiger partial charge in [0.05, 0.1) is 17.9 Å². The summed E-state index contributed by atoms with van der Waals surface area (Å²) >= 11 is 10.7. The maximum absolute atomic E-state index is 12.8. The molecular formula is C23H20BrClN4O3S. The third kappa shape index (κ3) is 5.15. The van der Waals surface area contributed by atoms with Gasteiger partial charge in [0.25, 0.3) is 0 Å². The molecule has 0 fully saturated rings. The average Bonchev–Trinajstić information content (AvgIpc) is 3.20. The van der Waals surface area contributed by atoms with E-state index in [0.717, 1.165) is 10.0 Å². The van der Waals surface area contributed by atoms with E-state index in [1.165, 1.54) is 11.8 Å². The summed E-state index contributed by atoms with van der Waals surface area (Å²) in [5.74, 6) is 0.222. The first-order chi connectivity index (χ1) is 15.9. The molecule has 0 spiro atoms. The van der Waals surface area contributed by atoms with Crippen LogP contribution >= 0.6 is 39.3 Å². The highest BCUT2D eigenvalue weighted by Gasteiger charge is 2.35. The summed E-state index contributed by atoms with van der Waals surface area (Å²) in [6.07, 6.45) is 0. The minimum Gasteiger partial charge on any atom is -0.463 e. The number of carbonyl (C=O) groups is 2. The van der Waals surface area contributed by atoms with Crippen molar-refractivity contribution < 1.29 is 14.3 Å². The summed E-state index contributed by atoms with van der Waals surface area (Å²) in [5, 5.41) is 8.78. The fourth-order valence-electron chi connectivity index (χ4n) is 3.47. The number of halogens is 2. The highest BCUT2D eigenvalue weighted by atomic mass is 79.9. The van der Waals surface area contributed by atoms with E-state index in [-0.39, 0.29) is 18.1 Å². The Hall–Kier alpha value is -2.62. The van der Waals surface area contributed by atoms with Crippen molar-refractivity contribution in [3.8, 4) is 0 Å². The van der Waals surface area contributed by atoms with Crippen LogP contribution in [-0.2, 0) is 9.53 Å². The Morgan fingerprint density at radius 3 is 2.55 bits per heavy atom. The number of ether oxygens (including phenoxy) is 1. The molecule has 0 saturated carbocycles.